The highest BCUT2D eigenvalue weighted by atomic mass is 32.2. The molecular weight excluding hydrogens is 390 g/mol. The highest BCUT2D eigenvalue weighted by Crippen LogP contribution is 2.29. The van der Waals surface area contributed by atoms with Crippen LogP contribution in [-0.2, 0) is 21.4 Å². The van der Waals surface area contributed by atoms with Crippen LogP contribution in [0.15, 0.2) is 23.2 Å². The first-order valence-electron chi connectivity index (χ1n) is 9.40. The smallest absolute Gasteiger partial charge is 0.241 e. The largest absolute Gasteiger partial charge is 0.481 e. The van der Waals surface area contributed by atoms with Crippen LogP contribution in [0.25, 0.3) is 0 Å². The minimum Gasteiger partial charge on any atom is -0.481 e. The molecule has 1 aromatic carbocycles. The van der Waals surface area contributed by atoms with E-state index in [1.54, 1.807) is 18.3 Å². The molecule has 0 bridgehead atoms. The topological polar surface area (TPSA) is 97.4 Å². The Morgan fingerprint density at radius 1 is 1.03 bits per heavy atom. The molecule has 0 spiro atoms. The quantitative estimate of drug-likeness (QED) is 0.685. The van der Waals surface area contributed by atoms with E-state index in [2.05, 4.69) is 15.0 Å². The summed E-state index contributed by atoms with van der Waals surface area (Å²) in [7, 11) is -2.18. The molecule has 7 nitrogen and oxygen atoms in total. The van der Waals surface area contributed by atoms with Crippen LogP contribution >= 0.6 is 0 Å². The zero-order valence-electron chi connectivity index (χ0n) is 17.8. The van der Waals surface area contributed by atoms with E-state index in [9.17, 15) is 13.2 Å². The van der Waals surface area contributed by atoms with Gasteiger partial charge in [0.15, 0.2) is 0 Å². The molecule has 1 aromatic heterocycles. The van der Waals surface area contributed by atoms with E-state index in [0.29, 0.717) is 17.3 Å². The molecule has 0 aliphatic rings. The summed E-state index contributed by atoms with van der Waals surface area (Å²) in [6.45, 7) is 9.84. The molecule has 0 unspecified atom stereocenters. The van der Waals surface area contributed by atoms with Gasteiger partial charge >= 0.3 is 0 Å². The Kier molecular flexibility index (Phi) is 7.37. The summed E-state index contributed by atoms with van der Waals surface area (Å²) in [4.78, 5) is 16.4. The number of ether oxygens (including phenoxy) is 1. The number of sulfonamides is 1. The lowest BCUT2D eigenvalue weighted by atomic mass is 9.95. The lowest BCUT2D eigenvalue weighted by Crippen LogP contribution is -2.31. The molecule has 1 heterocycles. The van der Waals surface area contributed by atoms with Crippen molar-refractivity contribution in [3.63, 3.8) is 0 Å². The van der Waals surface area contributed by atoms with Gasteiger partial charge in [0.25, 0.3) is 0 Å². The maximum atomic E-state index is 12.9. The molecule has 2 aromatic rings. The number of carbonyl (C=O) groups is 1. The van der Waals surface area contributed by atoms with E-state index < -0.39 is 10.0 Å². The first-order valence-corrected chi connectivity index (χ1v) is 10.9. The zero-order chi connectivity index (χ0) is 21.8. The Hall–Kier alpha value is -2.45. The fourth-order valence-corrected chi connectivity index (χ4v) is 4.83. The first-order chi connectivity index (χ1) is 13.6. The van der Waals surface area contributed by atoms with E-state index in [1.165, 1.54) is 7.11 Å². The zero-order valence-corrected chi connectivity index (χ0v) is 18.7. The van der Waals surface area contributed by atoms with Crippen molar-refractivity contribution in [3.05, 3.63) is 51.7 Å². The second-order valence-electron chi connectivity index (χ2n) is 7.09. The lowest BCUT2D eigenvalue weighted by Gasteiger charge is -2.19. The third-order valence-electron chi connectivity index (χ3n) is 5.34. The predicted octanol–water partition coefficient (Wildman–Crippen LogP) is 2.62. The summed E-state index contributed by atoms with van der Waals surface area (Å²) in [5.74, 6) is 0.229. The Balaban J connectivity index is 1.98. The number of hydrogen-bond donors (Lipinski definition) is 2. The number of carbonyl (C=O) groups excluding carboxylic acids is 1. The van der Waals surface area contributed by atoms with Crippen molar-refractivity contribution in [2.75, 3.05) is 13.7 Å². The number of methoxy groups -OCH3 is 1. The van der Waals surface area contributed by atoms with Crippen molar-refractivity contribution >= 4 is 15.9 Å². The third kappa shape index (κ3) is 5.33. The van der Waals surface area contributed by atoms with Gasteiger partial charge in [-0.1, -0.05) is 0 Å². The second kappa shape index (κ2) is 9.37. The highest BCUT2D eigenvalue weighted by molar-refractivity contribution is 7.89. The Labute approximate surface area is 172 Å². The molecule has 0 atom stereocenters. The van der Waals surface area contributed by atoms with Crippen LogP contribution in [0.2, 0.25) is 0 Å². The highest BCUT2D eigenvalue weighted by Gasteiger charge is 2.23. The van der Waals surface area contributed by atoms with Gasteiger partial charge in [-0.25, -0.2) is 18.1 Å². The normalized spacial score (nSPS) is 11.4. The predicted molar refractivity (Wildman–Crippen MR) is 113 cm³/mol. The van der Waals surface area contributed by atoms with Crippen molar-refractivity contribution in [2.24, 2.45) is 0 Å². The molecule has 2 rings (SSSR count). The minimum absolute atomic E-state index is 0.0265. The summed E-state index contributed by atoms with van der Waals surface area (Å²) in [6, 6.07) is 3.51. The monoisotopic (exact) mass is 419 g/mol. The van der Waals surface area contributed by atoms with Gasteiger partial charge in [0, 0.05) is 31.8 Å². The summed E-state index contributed by atoms with van der Waals surface area (Å²) in [5, 5.41) is 2.77. The van der Waals surface area contributed by atoms with Crippen molar-refractivity contribution < 1.29 is 17.9 Å². The van der Waals surface area contributed by atoms with E-state index in [1.807, 2.05) is 34.6 Å². The van der Waals surface area contributed by atoms with Crippen LogP contribution in [0.5, 0.6) is 5.88 Å². The van der Waals surface area contributed by atoms with Gasteiger partial charge in [0.2, 0.25) is 21.8 Å². The number of aromatic nitrogens is 1. The Morgan fingerprint density at radius 2 is 1.62 bits per heavy atom. The van der Waals surface area contributed by atoms with E-state index in [0.717, 1.165) is 33.4 Å². The molecule has 0 saturated carbocycles. The fraction of sp³-hybridized carbons (Fsp3) is 0.429. The maximum Gasteiger partial charge on any atom is 0.241 e. The minimum atomic E-state index is -3.71. The number of pyridine rings is 1. The molecule has 8 heteroatoms. The summed E-state index contributed by atoms with van der Waals surface area (Å²) in [6.07, 6.45) is 1.65. The van der Waals surface area contributed by atoms with Crippen LogP contribution in [0.1, 0.15) is 39.8 Å². The molecule has 158 valence electrons. The van der Waals surface area contributed by atoms with Gasteiger partial charge < -0.3 is 10.1 Å². The third-order valence-corrected chi connectivity index (χ3v) is 7.08. The van der Waals surface area contributed by atoms with Crippen molar-refractivity contribution in [3.8, 4) is 5.88 Å². The number of nitrogens with zero attached hydrogens (tertiary/aromatic N) is 1. The van der Waals surface area contributed by atoms with Crippen molar-refractivity contribution in [1.82, 2.24) is 15.0 Å². The summed E-state index contributed by atoms with van der Waals surface area (Å²) >= 11 is 0. The summed E-state index contributed by atoms with van der Waals surface area (Å²) in [5.41, 5.74) is 5.38. The first kappa shape index (κ1) is 22.8. The SMILES string of the molecule is COc1cc(CNC(=O)CCNS(=O)(=O)c2c(C)c(C)c(C)c(C)c2C)ccn1. The molecule has 0 saturated heterocycles. The second-order valence-corrected chi connectivity index (χ2v) is 8.79. The number of rotatable bonds is 8. The van der Waals surface area contributed by atoms with Gasteiger partial charge in [0.1, 0.15) is 0 Å². The van der Waals surface area contributed by atoms with Gasteiger partial charge in [-0.2, -0.15) is 0 Å². The van der Waals surface area contributed by atoms with Crippen LogP contribution in [-0.4, -0.2) is 33.0 Å². The van der Waals surface area contributed by atoms with Crippen molar-refractivity contribution in [1.29, 1.82) is 0 Å². The van der Waals surface area contributed by atoms with Gasteiger partial charge in [-0.3, -0.25) is 4.79 Å². The molecule has 29 heavy (non-hydrogen) atoms. The average molecular weight is 420 g/mol. The van der Waals surface area contributed by atoms with E-state index >= 15 is 0 Å². The molecular formula is C21H29N3O4S. The molecule has 1 amide bonds. The Morgan fingerprint density at radius 3 is 2.21 bits per heavy atom. The number of benzene rings is 1. The number of nitrogens with one attached hydrogen (secondary N) is 2. The molecule has 0 fully saturated rings. The Bertz CT molecular complexity index is 988. The molecule has 0 radical (unpaired) electrons. The lowest BCUT2D eigenvalue weighted by molar-refractivity contribution is -0.121. The number of hydrogen-bond acceptors (Lipinski definition) is 5. The maximum absolute atomic E-state index is 12.9. The van der Waals surface area contributed by atoms with Crippen LogP contribution in [0, 0.1) is 34.6 Å². The van der Waals surface area contributed by atoms with E-state index in [4.69, 9.17) is 4.74 Å². The standard InChI is InChI=1S/C21H29N3O4S/c1-13-14(2)16(4)21(17(5)15(13)3)29(26,27)24-10-8-19(25)23-12-18-7-9-22-20(11-18)28-6/h7,9,11,24H,8,10,12H2,1-6H3,(H,23,25). The van der Waals surface area contributed by atoms with Crippen molar-refractivity contribution in [2.45, 2.75) is 52.5 Å². The molecule has 0 aliphatic carbocycles. The fourth-order valence-electron chi connectivity index (χ4n) is 3.20. The van der Waals surface area contributed by atoms with Crippen LogP contribution in [0.3, 0.4) is 0 Å². The van der Waals surface area contributed by atoms with Gasteiger partial charge in [-0.05, 0) is 74.1 Å². The molecule has 0 aliphatic heterocycles. The van der Waals surface area contributed by atoms with Crippen LogP contribution < -0.4 is 14.8 Å². The van der Waals surface area contributed by atoms with E-state index in [-0.39, 0.29) is 18.9 Å². The van der Waals surface area contributed by atoms with Gasteiger partial charge in [0.05, 0.1) is 12.0 Å². The van der Waals surface area contributed by atoms with Gasteiger partial charge in [-0.15, -0.1) is 0 Å². The summed E-state index contributed by atoms with van der Waals surface area (Å²) < 4.78 is 33.3. The number of amides is 1. The molecule has 2 N–H and O–H groups in total. The average Bonchev–Trinajstić information content (AvgIpc) is 2.69. The van der Waals surface area contributed by atoms with Crippen LogP contribution in [0.4, 0.5) is 0 Å².